The summed E-state index contributed by atoms with van der Waals surface area (Å²) in [7, 11) is 0. The van der Waals surface area contributed by atoms with Crippen LogP contribution in [-0.2, 0) is 17.8 Å². The molecule has 0 bridgehead atoms. The molecular formula is C22H23N5O2. The number of benzene rings is 2. The van der Waals surface area contributed by atoms with Crippen molar-refractivity contribution in [3.05, 3.63) is 66.0 Å². The van der Waals surface area contributed by atoms with E-state index in [2.05, 4.69) is 25.4 Å². The lowest BCUT2D eigenvalue weighted by atomic mass is 10.2. The van der Waals surface area contributed by atoms with Gasteiger partial charge in [-0.15, -0.1) is 10.2 Å². The van der Waals surface area contributed by atoms with Gasteiger partial charge < -0.3 is 15.2 Å². The highest BCUT2D eigenvalue weighted by molar-refractivity contribution is 5.99. The summed E-state index contributed by atoms with van der Waals surface area (Å²) in [4.78, 5) is 24.2. The number of carbonyl (C=O) groups excluding carboxylic acids is 2. The molecule has 7 heteroatoms. The highest BCUT2D eigenvalue weighted by Gasteiger charge is 2.16. The van der Waals surface area contributed by atoms with Gasteiger partial charge in [0.1, 0.15) is 5.82 Å². The van der Waals surface area contributed by atoms with Crippen molar-refractivity contribution in [3.8, 4) is 11.4 Å². The lowest BCUT2D eigenvalue weighted by Crippen LogP contribution is -2.32. The van der Waals surface area contributed by atoms with Crippen molar-refractivity contribution >= 4 is 17.5 Å². The van der Waals surface area contributed by atoms with Crippen molar-refractivity contribution < 1.29 is 9.59 Å². The molecular weight excluding hydrogens is 366 g/mol. The minimum Gasteiger partial charge on any atom is -0.343 e. The zero-order valence-electron chi connectivity index (χ0n) is 16.1. The Morgan fingerprint density at radius 3 is 2.52 bits per heavy atom. The first-order valence-electron chi connectivity index (χ1n) is 9.86. The van der Waals surface area contributed by atoms with E-state index in [0.717, 1.165) is 43.0 Å². The average Bonchev–Trinajstić information content (AvgIpc) is 3.01. The smallest absolute Gasteiger partial charge is 0.251 e. The van der Waals surface area contributed by atoms with Gasteiger partial charge in [0.25, 0.3) is 5.91 Å². The minimum absolute atomic E-state index is 0.0901. The number of amides is 2. The largest absolute Gasteiger partial charge is 0.343 e. The molecule has 0 spiro atoms. The first-order chi connectivity index (χ1) is 14.2. The molecule has 0 atom stereocenters. The van der Waals surface area contributed by atoms with Crippen LogP contribution in [0.2, 0.25) is 0 Å². The number of nitrogens with one attached hydrogen (secondary N) is 2. The molecule has 7 nitrogen and oxygen atoms in total. The summed E-state index contributed by atoms with van der Waals surface area (Å²) in [5.74, 6) is 1.36. The number of hydrogen-bond donors (Lipinski definition) is 2. The van der Waals surface area contributed by atoms with Crippen LogP contribution in [0.5, 0.6) is 0 Å². The summed E-state index contributed by atoms with van der Waals surface area (Å²) in [6.07, 6.45) is 4.48. The Hall–Kier alpha value is -3.48. The summed E-state index contributed by atoms with van der Waals surface area (Å²) in [6, 6.07) is 16.4. The average molecular weight is 389 g/mol. The second-order valence-corrected chi connectivity index (χ2v) is 7.08. The predicted molar refractivity (Wildman–Crippen MR) is 110 cm³/mol. The topological polar surface area (TPSA) is 88.9 Å². The zero-order chi connectivity index (χ0) is 20.1. The van der Waals surface area contributed by atoms with Gasteiger partial charge in [0.15, 0.2) is 5.82 Å². The fraction of sp³-hybridized carbons (Fsp3) is 0.273. The molecule has 0 fully saturated rings. The SMILES string of the molecule is O=C(CNC(=O)c1ccccc1)Nc1ccc(-c2nnc3n2CCCCC3)cc1. The number of fused-ring (bicyclic) bond motifs is 1. The number of anilines is 1. The molecule has 148 valence electrons. The third kappa shape index (κ3) is 4.51. The quantitative estimate of drug-likeness (QED) is 0.702. The fourth-order valence-electron chi connectivity index (χ4n) is 3.46. The number of carbonyl (C=O) groups is 2. The molecule has 2 heterocycles. The van der Waals surface area contributed by atoms with Gasteiger partial charge in [-0.25, -0.2) is 0 Å². The second-order valence-electron chi connectivity index (χ2n) is 7.08. The van der Waals surface area contributed by atoms with E-state index in [0.29, 0.717) is 11.3 Å². The summed E-state index contributed by atoms with van der Waals surface area (Å²) < 4.78 is 2.19. The van der Waals surface area contributed by atoms with E-state index in [-0.39, 0.29) is 18.4 Å². The minimum atomic E-state index is -0.279. The summed E-state index contributed by atoms with van der Waals surface area (Å²) in [5, 5.41) is 14.1. The third-order valence-corrected chi connectivity index (χ3v) is 4.98. The molecule has 0 unspecified atom stereocenters. The van der Waals surface area contributed by atoms with Crippen LogP contribution in [-0.4, -0.2) is 33.1 Å². The third-order valence-electron chi connectivity index (χ3n) is 4.98. The maximum absolute atomic E-state index is 12.1. The maximum atomic E-state index is 12.1. The number of hydrogen-bond acceptors (Lipinski definition) is 4. The molecule has 4 rings (SSSR count). The van der Waals surface area contributed by atoms with Crippen molar-refractivity contribution in [3.63, 3.8) is 0 Å². The van der Waals surface area contributed by atoms with Crippen molar-refractivity contribution in [2.45, 2.75) is 32.2 Å². The van der Waals surface area contributed by atoms with Gasteiger partial charge in [0.05, 0.1) is 6.54 Å². The summed E-state index contributed by atoms with van der Waals surface area (Å²) in [6.45, 7) is 0.852. The molecule has 0 aliphatic carbocycles. The molecule has 2 aromatic carbocycles. The first-order valence-corrected chi connectivity index (χ1v) is 9.86. The summed E-state index contributed by atoms with van der Waals surface area (Å²) >= 11 is 0. The van der Waals surface area contributed by atoms with Gasteiger partial charge in [-0.05, 0) is 49.2 Å². The number of aromatic nitrogens is 3. The molecule has 0 saturated heterocycles. The number of aryl methyl sites for hydroxylation is 1. The van der Waals surface area contributed by atoms with E-state index in [1.54, 1.807) is 24.3 Å². The molecule has 29 heavy (non-hydrogen) atoms. The zero-order valence-corrected chi connectivity index (χ0v) is 16.1. The van der Waals surface area contributed by atoms with Crippen LogP contribution >= 0.6 is 0 Å². The molecule has 1 aliphatic heterocycles. The molecule has 1 aliphatic rings. The normalized spacial score (nSPS) is 13.2. The van der Waals surface area contributed by atoms with Crippen LogP contribution in [0.25, 0.3) is 11.4 Å². The van der Waals surface area contributed by atoms with E-state index in [4.69, 9.17) is 0 Å². The van der Waals surface area contributed by atoms with E-state index in [1.165, 1.54) is 6.42 Å². The molecule has 1 aromatic heterocycles. The van der Waals surface area contributed by atoms with E-state index < -0.39 is 0 Å². The van der Waals surface area contributed by atoms with Gasteiger partial charge in [0.2, 0.25) is 5.91 Å². The first kappa shape index (κ1) is 18.9. The van der Waals surface area contributed by atoms with Gasteiger partial charge in [-0.3, -0.25) is 9.59 Å². The second kappa shape index (κ2) is 8.68. The Labute approximate surface area is 169 Å². The van der Waals surface area contributed by atoms with Crippen LogP contribution in [0.3, 0.4) is 0 Å². The Kier molecular flexibility index (Phi) is 5.65. The predicted octanol–water partition coefficient (Wildman–Crippen LogP) is 3.04. The highest BCUT2D eigenvalue weighted by atomic mass is 16.2. The van der Waals surface area contributed by atoms with Crippen molar-refractivity contribution in [1.82, 2.24) is 20.1 Å². The fourth-order valence-corrected chi connectivity index (χ4v) is 3.46. The Bertz CT molecular complexity index is 996. The van der Waals surface area contributed by atoms with E-state index in [1.807, 2.05) is 30.3 Å². The van der Waals surface area contributed by atoms with Crippen molar-refractivity contribution in [2.24, 2.45) is 0 Å². The molecule has 0 radical (unpaired) electrons. The standard InChI is InChI=1S/C22H23N5O2/c28-20(15-23-22(29)17-7-3-1-4-8-17)24-18-12-10-16(11-13-18)21-26-25-19-9-5-2-6-14-27(19)21/h1,3-4,7-8,10-13H,2,5-6,9,14-15H2,(H,23,29)(H,24,28). The van der Waals surface area contributed by atoms with Gasteiger partial charge in [0, 0.05) is 29.8 Å². The maximum Gasteiger partial charge on any atom is 0.251 e. The van der Waals surface area contributed by atoms with Crippen LogP contribution < -0.4 is 10.6 Å². The lowest BCUT2D eigenvalue weighted by Gasteiger charge is -2.09. The Morgan fingerprint density at radius 2 is 1.72 bits per heavy atom. The van der Waals surface area contributed by atoms with Gasteiger partial charge >= 0.3 is 0 Å². The lowest BCUT2D eigenvalue weighted by molar-refractivity contribution is -0.115. The van der Waals surface area contributed by atoms with E-state index in [9.17, 15) is 9.59 Å². The van der Waals surface area contributed by atoms with Gasteiger partial charge in [-0.2, -0.15) is 0 Å². The highest BCUT2D eigenvalue weighted by Crippen LogP contribution is 2.23. The summed E-state index contributed by atoms with van der Waals surface area (Å²) in [5.41, 5.74) is 2.17. The molecule has 0 saturated carbocycles. The monoisotopic (exact) mass is 389 g/mol. The van der Waals surface area contributed by atoms with E-state index >= 15 is 0 Å². The van der Waals surface area contributed by atoms with Crippen LogP contribution in [0.4, 0.5) is 5.69 Å². The van der Waals surface area contributed by atoms with Crippen LogP contribution in [0.1, 0.15) is 35.4 Å². The number of nitrogens with zero attached hydrogens (tertiary/aromatic N) is 3. The van der Waals surface area contributed by atoms with Crippen LogP contribution in [0, 0.1) is 0 Å². The van der Waals surface area contributed by atoms with Crippen LogP contribution in [0.15, 0.2) is 54.6 Å². The molecule has 2 amide bonds. The van der Waals surface area contributed by atoms with Crippen molar-refractivity contribution in [1.29, 1.82) is 0 Å². The Balaban J connectivity index is 1.35. The molecule has 3 aromatic rings. The van der Waals surface area contributed by atoms with Crippen molar-refractivity contribution in [2.75, 3.05) is 11.9 Å². The number of rotatable bonds is 5. The Morgan fingerprint density at radius 1 is 0.931 bits per heavy atom. The van der Waals surface area contributed by atoms with Gasteiger partial charge in [-0.1, -0.05) is 24.6 Å². The molecule has 2 N–H and O–H groups in total.